The molecular weight excluding hydrogens is 395 g/mol. The lowest BCUT2D eigenvalue weighted by Crippen LogP contribution is -2.23. The highest BCUT2D eigenvalue weighted by Crippen LogP contribution is 2.33. The van der Waals surface area contributed by atoms with Gasteiger partial charge in [-0.15, -0.1) is 0 Å². The summed E-state index contributed by atoms with van der Waals surface area (Å²) in [6.45, 7) is 1.14. The van der Waals surface area contributed by atoms with Gasteiger partial charge in [0, 0.05) is 23.9 Å². The van der Waals surface area contributed by atoms with Crippen molar-refractivity contribution in [2.75, 3.05) is 13.2 Å². The van der Waals surface area contributed by atoms with Gasteiger partial charge in [0.05, 0.1) is 6.61 Å². The third-order valence-electron chi connectivity index (χ3n) is 5.95. The summed E-state index contributed by atoms with van der Waals surface area (Å²) in [7, 11) is 0. The molecule has 0 spiro atoms. The van der Waals surface area contributed by atoms with Gasteiger partial charge in [0.25, 0.3) is 0 Å². The number of benzene rings is 2. The van der Waals surface area contributed by atoms with E-state index in [1.54, 1.807) is 12.1 Å². The maximum atomic E-state index is 13.4. The molecule has 31 heavy (non-hydrogen) atoms. The topological polar surface area (TPSA) is 64.3 Å². The second-order valence-electron chi connectivity index (χ2n) is 8.28. The number of aromatic nitrogens is 2. The summed E-state index contributed by atoms with van der Waals surface area (Å²) in [6, 6.07) is 16.6. The van der Waals surface area contributed by atoms with Gasteiger partial charge in [0.2, 0.25) is 0 Å². The lowest BCUT2D eigenvalue weighted by Gasteiger charge is -2.28. The maximum absolute atomic E-state index is 13.4. The molecule has 3 aromatic rings. The number of halogens is 1. The molecule has 4 rings (SSSR count). The van der Waals surface area contributed by atoms with Crippen molar-refractivity contribution >= 4 is 5.97 Å². The SMILES string of the molecule is O=C(O)COC[C@H]1CC[C@@H](Cn2cc(-c3ccc(F)cc3)c(-c3ccccc3)n2)CC1. The summed E-state index contributed by atoms with van der Waals surface area (Å²) in [5.74, 6) is -0.205. The largest absolute Gasteiger partial charge is 0.480 e. The van der Waals surface area contributed by atoms with Crippen LogP contribution in [0, 0.1) is 17.7 Å². The predicted molar refractivity (Wildman–Crippen MR) is 117 cm³/mol. The molecule has 1 heterocycles. The monoisotopic (exact) mass is 422 g/mol. The molecule has 1 aromatic heterocycles. The maximum Gasteiger partial charge on any atom is 0.329 e. The van der Waals surface area contributed by atoms with Crippen LogP contribution in [0.25, 0.3) is 22.4 Å². The summed E-state index contributed by atoms with van der Waals surface area (Å²) >= 11 is 0. The van der Waals surface area contributed by atoms with Crippen LogP contribution >= 0.6 is 0 Å². The van der Waals surface area contributed by atoms with Crippen molar-refractivity contribution in [1.29, 1.82) is 0 Å². The molecule has 2 aromatic carbocycles. The number of nitrogens with zero attached hydrogens (tertiary/aromatic N) is 2. The molecule has 1 aliphatic rings. The third kappa shape index (κ3) is 5.58. The summed E-state index contributed by atoms with van der Waals surface area (Å²) < 4.78 is 20.7. The molecule has 0 unspecified atom stereocenters. The zero-order valence-corrected chi connectivity index (χ0v) is 17.4. The summed E-state index contributed by atoms with van der Waals surface area (Å²) in [5, 5.41) is 13.6. The minimum absolute atomic E-state index is 0.221. The molecule has 0 atom stereocenters. The van der Waals surface area contributed by atoms with Crippen LogP contribution < -0.4 is 0 Å². The average Bonchev–Trinajstić information content (AvgIpc) is 3.19. The second kappa shape index (κ2) is 9.88. The molecule has 1 saturated carbocycles. The van der Waals surface area contributed by atoms with Gasteiger partial charge in [-0.05, 0) is 55.2 Å². The molecule has 0 saturated heterocycles. The number of hydrogen-bond acceptors (Lipinski definition) is 3. The van der Waals surface area contributed by atoms with E-state index in [1.165, 1.54) is 12.1 Å². The van der Waals surface area contributed by atoms with Gasteiger partial charge in [-0.3, -0.25) is 4.68 Å². The van der Waals surface area contributed by atoms with E-state index in [0.717, 1.165) is 54.6 Å². The summed E-state index contributed by atoms with van der Waals surface area (Å²) in [4.78, 5) is 10.6. The highest BCUT2D eigenvalue weighted by molar-refractivity contribution is 5.80. The fourth-order valence-corrected chi connectivity index (χ4v) is 4.32. The molecule has 6 heteroatoms. The fourth-order valence-electron chi connectivity index (χ4n) is 4.32. The normalized spacial score (nSPS) is 18.7. The van der Waals surface area contributed by atoms with E-state index in [2.05, 4.69) is 6.20 Å². The van der Waals surface area contributed by atoms with E-state index in [-0.39, 0.29) is 12.4 Å². The number of carboxylic acids is 1. The van der Waals surface area contributed by atoms with Crippen molar-refractivity contribution in [2.45, 2.75) is 32.2 Å². The van der Waals surface area contributed by atoms with Gasteiger partial charge in [-0.25, -0.2) is 9.18 Å². The lowest BCUT2D eigenvalue weighted by molar-refractivity contribution is -0.142. The third-order valence-corrected chi connectivity index (χ3v) is 5.95. The Labute approximate surface area is 181 Å². The Hall–Kier alpha value is -2.99. The lowest BCUT2D eigenvalue weighted by atomic mass is 9.82. The van der Waals surface area contributed by atoms with Crippen molar-refractivity contribution in [3.63, 3.8) is 0 Å². The zero-order valence-electron chi connectivity index (χ0n) is 17.4. The first-order valence-corrected chi connectivity index (χ1v) is 10.8. The van der Waals surface area contributed by atoms with Crippen molar-refractivity contribution in [1.82, 2.24) is 9.78 Å². The quantitative estimate of drug-likeness (QED) is 0.538. The molecule has 0 amide bonds. The number of rotatable bonds is 8. The standard InChI is InChI=1S/C25H27FN2O3/c26-22-12-10-20(11-13-22)23-15-28(27-25(23)21-4-2-1-3-5-21)14-18-6-8-19(9-7-18)16-31-17-24(29)30/h1-5,10-13,15,18-19H,6-9,14,16-17H2,(H,29,30)/t18-,19+. The molecule has 162 valence electrons. The second-order valence-corrected chi connectivity index (χ2v) is 8.28. The molecular formula is C25H27FN2O3. The minimum Gasteiger partial charge on any atom is -0.480 e. The highest BCUT2D eigenvalue weighted by atomic mass is 19.1. The zero-order chi connectivity index (χ0) is 21.6. The van der Waals surface area contributed by atoms with Crippen LogP contribution in [0.3, 0.4) is 0 Å². The Morgan fingerprint density at radius 3 is 2.35 bits per heavy atom. The van der Waals surface area contributed by atoms with Gasteiger partial charge in [-0.1, -0.05) is 42.5 Å². The first-order valence-electron chi connectivity index (χ1n) is 10.8. The van der Waals surface area contributed by atoms with Gasteiger partial charge in [0.1, 0.15) is 18.1 Å². The van der Waals surface area contributed by atoms with E-state index in [1.807, 2.05) is 35.0 Å². The van der Waals surface area contributed by atoms with Gasteiger partial charge in [-0.2, -0.15) is 5.10 Å². The van der Waals surface area contributed by atoms with Crippen molar-refractivity contribution in [2.24, 2.45) is 11.8 Å². The van der Waals surface area contributed by atoms with E-state index in [4.69, 9.17) is 14.9 Å². The first kappa shape index (κ1) is 21.2. The van der Waals surface area contributed by atoms with E-state index >= 15 is 0 Å². The fraction of sp³-hybridized carbons (Fsp3) is 0.360. The van der Waals surface area contributed by atoms with E-state index < -0.39 is 5.97 Å². The molecule has 1 N–H and O–H groups in total. The molecule has 1 fully saturated rings. The molecule has 0 bridgehead atoms. The molecule has 1 aliphatic carbocycles. The molecule has 0 radical (unpaired) electrons. The van der Waals surface area contributed by atoms with Crippen LogP contribution in [0.4, 0.5) is 4.39 Å². The number of carbonyl (C=O) groups is 1. The Bertz CT molecular complexity index is 993. The van der Waals surface area contributed by atoms with E-state index in [0.29, 0.717) is 18.4 Å². The average molecular weight is 423 g/mol. The Morgan fingerprint density at radius 1 is 1.00 bits per heavy atom. The summed E-state index contributed by atoms with van der Waals surface area (Å²) in [5.41, 5.74) is 3.90. The number of hydrogen-bond donors (Lipinski definition) is 1. The van der Waals surface area contributed by atoms with Gasteiger partial charge >= 0.3 is 5.97 Å². The smallest absolute Gasteiger partial charge is 0.329 e. The van der Waals surface area contributed by atoms with Crippen LogP contribution in [0.15, 0.2) is 60.8 Å². The minimum atomic E-state index is -0.918. The van der Waals surface area contributed by atoms with Crippen LogP contribution in [-0.4, -0.2) is 34.1 Å². The van der Waals surface area contributed by atoms with Crippen LogP contribution in [0.5, 0.6) is 0 Å². The first-order chi connectivity index (χ1) is 15.1. The Morgan fingerprint density at radius 2 is 1.68 bits per heavy atom. The van der Waals surface area contributed by atoms with Crippen molar-refractivity contribution in [3.8, 4) is 22.4 Å². The van der Waals surface area contributed by atoms with Crippen molar-refractivity contribution < 1.29 is 19.0 Å². The Kier molecular flexibility index (Phi) is 6.77. The van der Waals surface area contributed by atoms with Gasteiger partial charge in [0.15, 0.2) is 0 Å². The van der Waals surface area contributed by atoms with Crippen LogP contribution in [0.2, 0.25) is 0 Å². The van der Waals surface area contributed by atoms with Crippen molar-refractivity contribution in [3.05, 3.63) is 66.6 Å². The number of ether oxygens (including phenoxy) is 1. The molecule has 5 nitrogen and oxygen atoms in total. The van der Waals surface area contributed by atoms with Crippen LogP contribution in [0.1, 0.15) is 25.7 Å². The number of aliphatic carboxylic acids is 1. The Balaban J connectivity index is 1.46. The predicted octanol–water partition coefficient (Wildman–Crippen LogP) is 5.26. The number of carboxylic acid groups (broad SMARTS) is 1. The van der Waals surface area contributed by atoms with Gasteiger partial charge < -0.3 is 9.84 Å². The molecule has 0 aliphatic heterocycles. The van der Waals surface area contributed by atoms with Crippen LogP contribution in [-0.2, 0) is 16.1 Å². The van der Waals surface area contributed by atoms with E-state index in [9.17, 15) is 9.18 Å². The highest BCUT2D eigenvalue weighted by Gasteiger charge is 2.23. The summed E-state index contributed by atoms with van der Waals surface area (Å²) in [6.07, 6.45) is 6.31.